The first kappa shape index (κ1) is 15.2. The smallest absolute Gasteiger partial charge is 0.311 e. The van der Waals surface area contributed by atoms with Crippen LogP contribution in [0.4, 0.5) is 5.13 Å². The number of esters is 1. The highest BCUT2D eigenvalue weighted by atomic mass is 32.1. The Labute approximate surface area is 135 Å². The molecule has 0 fully saturated rings. The van der Waals surface area contributed by atoms with Gasteiger partial charge in [-0.05, 0) is 25.1 Å². The lowest BCUT2D eigenvalue weighted by Crippen LogP contribution is -2.12. The fourth-order valence-corrected chi connectivity index (χ4v) is 2.68. The molecule has 8 heteroatoms. The van der Waals surface area contributed by atoms with E-state index in [1.54, 1.807) is 30.5 Å². The number of nitrogens with zero attached hydrogens (tertiary/aromatic N) is 2. The number of benzene rings is 1. The van der Waals surface area contributed by atoms with E-state index in [4.69, 9.17) is 9.15 Å². The minimum Gasteiger partial charge on any atom is -0.466 e. The van der Waals surface area contributed by atoms with Gasteiger partial charge in [0.05, 0.1) is 18.7 Å². The Morgan fingerprint density at radius 3 is 3.09 bits per heavy atom. The molecule has 3 aromatic rings. The van der Waals surface area contributed by atoms with Crippen LogP contribution in [0.15, 0.2) is 34.4 Å². The molecule has 2 heterocycles. The number of oxazole rings is 1. The second-order valence-corrected chi connectivity index (χ2v) is 5.47. The molecule has 0 atom stereocenters. The molecule has 0 aliphatic carbocycles. The molecule has 7 nitrogen and oxygen atoms in total. The van der Waals surface area contributed by atoms with Gasteiger partial charge in [-0.2, -0.15) is 0 Å². The number of thiazole rings is 1. The third kappa shape index (κ3) is 3.54. The van der Waals surface area contributed by atoms with Crippen LogP contribution in [-0.4, -0.2) is 28.5 Å². The van der Waals surface area contributed by atoms with Gasteiger partial charge >= 0.3 is 5.97 Å². The summed E-state index contributed by atoms with van der Waals surface area (Å²) in [7, 11) is 0. The molecule has 0 saturated carbocycles. The molecule has 0 aliphatic heterocycles. The maximum Gasteiger partial charge on any atom is 0.311 e. The first-order chi connectivity index (χ1) is 11.2. The molecule has 0 bridgehead atoms. The zero-order chi connectivity index (χ0) is 16.2. The Hall–Kier alpha value is -2.74. The fourth-order valence-electron chi connectivity index (χ4n) is 1.97. The van der Waals surface area contributed by atoms with Gasteiger partial charge in [-0.15, -0.1) is 11.3 Å². The maximum absolute atomic E-state index is 12.2. The minimum atomic E-state index is -0.341. The predicted molar refractivity (Wildman–Crippen MR) is 84.4 cm³/mol. The van der Waals surface area contributed by atoms with E-state index in [1.165, 1.54) is 17.7 Å². The predicted octanol–water partition coefficient (Wildman–Crippen LogP) is 2.64. The SMILES string of the molecule is CCOC(=O)Cc1csc(NC(=O)c2ccc3ncoc3c2)n1. The van der Waals surface area contributed by atoms with E-state index in [2.05, 4.69) is 15.3 Å². The van der Waals surface area contributed by atoms with E-state index in [0.29, 0.717) is 34.1 Å². The molecule has 1 aromatic carbocycles. The van der Waals surface area contributed by atoms with Crippen molar-refractivity contribution >= 4 is 39.4 Å². The third-order valence-electron chi connectivity index (χ3n) is 3.00. The van der Waals surface area contributed by atoms with Gasteiger partial charge in [0.25, 0.3) is 5.91 Å². The van der Waals surface area contributed by atoms with Gasteiger partial charge in [0, 0.05) is 10.9 Å². The quantitative estimate of drug-likeness (QED) is 0.722. The van der Waals surface area contributed by atoms with Crippen LogP contribution >= 0.6 is 11.3 Å². The van der Waals surface area contributed by atoms with Gasteiger partial charge in [0.2, 0.25) is 0 Å². The Bertz CT molecular complexity index is 855. The lowest BCUT2D eigenvalue weighted by molar-refractivity contribution is -0.142. The van der Waals surface area contributed by atoms with E-state index in [1.807, 2.05) is 0 Å². The summed E-state index contributed by atoms with van der Waals surface area (Å²) in [6.45, 7) is 2.08. The van der Waals surface area contributed by atoms with E-state index >= 15 is 0 Å². The Morgan fingerprint density at radius 1 is 1.39 bits per heavy atom. The van der Waals surface area contributed by atoms with Crippen molar-refractivity contribution in [2.45, 2.75) is 13.3 Å². The summed E-state index contributed by atoms with van der Waals surface area (Å²) in [5.74, 6) is -0.646. The third-order valence-corrected chi connectivity index (χ3v) is 3.80. The molecule has 0 aliphatic rings. The normalized spacial score (nSPS) is 10.7. The second-order valence-electron chi connectivity index (χ2n) is 4.61. The van der Waals surface area contributed by atoms with Crippen molar-refractivity contribution in [1.29, 1.82) is 0 Å². The van der Waals surface area contributed by atoms with Gasteiger partial charge in [0.15, 0.2) is 17.1 Å². The number of amides is 1. The fraction of sp³-hybridized carbons (Fsp3) is 0.200. The van der Waals surface area contributed by atoms with Crippen molar-refractivity contribution in [1.82, 2.24) is 9.97 Å². The number of carbonyl (C=O) groups is 2. The number of rotatable bonds is 5. The van der Waals surface area contributed by atoms with E-state index in [9.17, 15) is 9.59 Å². The van der Waals surface area contributed by atoms with E-state index < -0.39 is 0 Å². The number of hydrogen-bond donors (Lipinski definition) is 1. The summed E-state index contributed by atoms with van der Waals surface area (Å²) in [6.07, 6.45) is 1.42. The molecular weight excluding hydrogens is 318 g/mol. The molecule has 0 saturated heterocycles. The van der Waals surface area contributed by atoms with Crippen LogP contribution in [0.25, 0.3) is 11.1 Å². The molecule has 23 heavy (non-hydrogen) atoms. The van der Waals surface area contributed by atoms with Crippen molar-refractivity contribution in [3.63, 3.8) is 0 Å². The number of ether oxygens (including phenoxy) is 1. The van der Waals surface area contributed by atoms with Gasteiger partial charge < -0.3 is 9.15 Å². The minimum absolute atomic E-state index is 0.0875. The Balaban J connectivity index is 1.67. The standard InChI is InChI=1S/C15H13N3O4S/c1-2-21-13(19)6-10-7-23-15(17-10)18-14(20)9-3-4-11-12(5-9)22-8-16-11/h3-5,7-8H,2,6H2,1H3,(H,17,18,20). The Kier molecular flexibility index (Phi) is 4.33. The van der Waals surface area contributed by atoms with Crippen LogP contribution in [0.2, 0.25) is 0 Å². The summed E-state index contributed by atoms with van der Waals surface area (Å²) >= 11 is 1.25. The molecule has 2 aromatic heterocycles. The van der Waals surface area contributed by atoms with E-state index in [-0.39, 0.29) is 18.3 Å². The zero-order valence-corrected chi connectivity index (χ0v) is 13.1. The molecule has 3 rings (SSSR count). The van der Waals surface area contributed by atoms with Crippen LogP contribution in [0.3, 0.4) is 0 Å². The van der Waals surface area contributed by atoms with Crippen LogP contribution in [0, 0.1) is 0 Å². The summed E-state index contributed by atoms with van der Waals surface area (Å²) in [5.41, 5.74) is 2.23. The Morgan fingerprint density at radius 2 is 2.26 bits per heavy atom. The van der Waals surface area contributed by atoms with Crippen molar-refractivity contribution in [2.24, 2.45) is 0 Å². The first-order valence-corrected chi connectivity index (χ1v) is 7.78. The number of hydrogen-bond acceptors (Lipinski definition) is 7. The highest BCUT2D eigenvalue weighted by Gasteiger charge is 2.12. The molecule has 0 unspecified atom stereocenters. The van der Waals surface area contributed by atoms with Crippen molar-refractivity contribution < 1.29 is 18.7 Å². The average molecular weight is 331 g/mol. The highest BCUT2D eigenvalue weighted by Crippen LogP contribution is 2.19. The number of fused-ring (bicyclic) bond motifs is 1. The monoisotopic (exact) mass is 331 g/mol. The van der Waals surface area contributed by atoms with Crippen LogP contribution in [0.5, 0.6) is 0 Å². The maximum atomic E-state index is 12.2. The summed E-state index contributed by atoms with van der Waals surface area (Å²) in [4.78, 5) is 31.8. The average Bonchev–Trinajstić information content (AvgIpc) is 3.15. The lowest BCUT2D eigenvalue weighted by Gasteiger charge is -2.01. The lowest BCUT2D eigenvalue weighted by atomic mass is 10.2. The van der Waals surface area contributed by atoms with Gasteiger partial charge in [-0.1, -0.05) is 0 Å². The van der Waals surface area contributed by atoms with Crippen LogP contribution in [-0.2, 0) is 16.0 Å². The molecule has 0 radical (unpaired) electrons. The summed E-state index contributed by atoms with van der Waals surface area (Å²) in [6, 6.07) is 4.99. The molecule has 118 valence electrons. The molecule has 0 spiro atoms. The van der Waals surface area contributed by atoms with Crippen LogP contribution in [0.1, 0.15) is 23.0 Å². The van der Waals surface area contributed by atoms with Crippen molar-refractivity contribution in [3.8, 4) is 0 Å². The highest BCUT2D eigenvalue weighted by molar-refractivity contribution is 7.14. The number of carbonyl (C=O) groups excluding carboxylic acids is 2. The van der Waals surface area contributed by atoms with Gasteiger partial charge in [0.1, 0.15) is 5.52 Å². The van der Waals surface area contributed by atoms with Crippen molar-refractivity contribution in [3.05, 3.63) is 41.2 Å². The molecule has 1 amide bonds. The van der Waals surface area contributed by atoms with Crippen LogP contribution < -0.4 is 5.32 Å². The van der Waals surface area contributed by atoms with E-state index in [0.717, 1.165) is 0 Å². The first-order valence-electron chi connectivity index (χ1n) is 6.90. The summed E-state index contributed by atoms with van der Waals surface area (Å²) < 4.78 is 10.0. The molecular formula is C15H13N3O4S. The largest absolute Gasteiger partial charge is 0.466 e. The number of anilines is 1. The zero-order valence-electron chi connectivity index (χ0n) is 12.2. The van der Waals surface area contributed by atoms with Gasteiger partial charge in [-0.3, -0.25) is 14.9 Å². The van der Waals surface area contributed by atoms with Gasteiger partial charge in [-0.25, -0.2) is 9.97 Å². The van der Waals surface area contributed by atoms with Crippen molar-refractivity contribution in [2.75, 3.05) is 11.9 Å². The second kappa shape index (κ2) is 6.57. The molecule has 1 N–H and O–H groups in total. The summed E-state index contributed by atoms with van der Waals surface area (Å²) in [5, 5.41) is 4.83. The topological polar surface area (TPSA) is 94.3 Å². The number of aromatic nitrogens is 2. The number of nitrogens with one attached hydrogen (secondary N) is 1.